The lowest BCUT2D eigenvalue weighted by atomic mass is 10.2. The van der Waals surface area contributed by atoms with Crippen LogP contribution in [0.1, 0.15) is 17.5 Å². The summed E-state index contributed by atoms with van der Waals surface area (Å²) in [6.45, 7) is 4.00. The molecule has 0 fully saturated rings. The zero-order valence-electron chi connectivity index (χ0n) is 14.0. The zero-order chi connectivity index (χ0) is 17.1. The molecule has 0 aliphatic carbocycles. The molecule has 0 radical (unpaired) electrons. The molecule has 25 heavy (non-hydrogen) atoms. The predicted molar refractivity (Wildman–Crippen MR) is 93.3 cm³/mol. The number of aromatic nitrogens is 4. The first-order valence-corrected chi connectivity index (χ1v) is 8.27. The summed E-state index contributed by atoms with van der Waals surface area (Å²) in [4.78, 5) is 0. The van der Waals surface area contributed by atoms with Crippen LogP contribution >= 0.6 is 0 Å². The summed E-state index contributed by atoms with van der Waals surface area (Å²) in [7, 11) is 0. The molecular weight excluding hydrogens is 318 g/mol. The number of benzene rings is 2. The first-order chi connectivity index (χ1) is 12.3. The summed E-state index contributed by atoms with van der Waals surface area (Å²) in [5.41, 5.74) is 3.18. The number of anilines is 1. The molecule has 0 bridgehead atoms. The Balaban J connectivity index is 1.50. The molecule has 3 aromatic rings. The van der Waals surface area contributed by atoms with Gasteiger partial charge < -0.3 is 14.8 Å². The normalized spacial score (nSPS) is 13.3. The van der Waals surface area contributed by atoms with Gasteiger partial charge in [-0.2, -0.15) is 4.68 Å². The second-order valence-corrected chi connectivity index (χ2v) is 5.93. The van der Waals surface area contributed by atoms with Gasteiger partial charge in [-0.25, -0.2) is 0 Å². The third kappa shape index (κ3) is 3.40. The number of fused-ring (bicyclic) bond motifs is 1. The van der Waals surface area contributed by atoms with Gasteiger partial charge in [0, 0.05) is 13.0 Å². The largest absolute Gasteiger partial charge is 0.490 e. The van der Waals surface area contributed by atoms with Crippen LogP contribution < -0.4 is 14.8 Å². The summed E-state index contributed by atoms with van der Waals surface area (Å²) >= 11 is 0. The van der Waals surface area contributed by atoms with Crippen LogP contribution in [-0.2, 0) is 6.54 Å². The summed E-state index contributed by atoms with van der Waals surface area (Å²) in [5.74, 6) is 2.18. The van der Waals surface area contributed by atoms with Crippen molar-refractivity contribution >= 4 is 5.95 Å². The minimum absolute atomic E-state index is 0.586. The van der Waals surface area contributed by atoms with Crippen molar-refractivity contribution in [3.63, 3.8) is 0 Å². The number of aryl methyl sites for hydroxylation is 1. The molecule has 7 heteroatoms. The van der Waals surface area contributed by atoms with Gasteiger partial charge in [0.1, 0.15) is 0 Å². The Labute approximate surface area is 145 Å². The summed E-state index contributed by atoms with van der Waals surface area (Å²) in [6, 6.07) is 14.0. The molecule has 0 unspecified atom stereocenters. The molecule has 128 valence electrons. The van der Waals surface area contributed by atoms with E-state index in [4.69, 9.17) is 9.47 Å². The third-order valence-corrected chi connectivity index (χ3v) is 4.01. The van der Waals surface area contributed by atoms with Gasteiger partial charge in [-0.05, 0) is 47.2 Å². The van der Waals surface area contributed by atoms with Gasteiger partial charge in [-0.3, -0.25) is 0 Å². The molecule has 2 aromatic carbocycles. The summed E-state index contributed by atoms with van der Waals surface area (Å²) < 4.78 is 13.1. The molecule has 1 aliphatic rings. The average Bonchev–Trinajstić information content (AvgIpc) is 2.97. The third-order valence-electron chi connectivity index (χ3n) is 4.01. The van der Waals surface area contributed by atoms with Crippen molar-refractivity contribution in [2.45, 2.75) is 19.9 Å². The Morgan fingerprint density at radius 3 is 2.68 bits per heavy atom. The van der Waals surface area contributed by atoms with Crippen molar-refractivity contribution in [2.24, 2.45) is 0 Å². The molecule has 7 nitrogen and oxygen atoms in total. The Morgan fingerprint density at radius 2 is 1.84 bits per heavy atom. The zero-order valence-corrected chi connectivity index (χ0v) is 14.0. The lowest BCUT2D eigenvalue weighted by Crippen LogP contribution is -2.07. The van der Waals surface area contributed by atoms with Gasteiger partial charge in [0.05, 0.1) is 18.9 Å². The fourth-order valence-corrected chi connectivity index (χ4v) is 2.66. The van der Waals surface area contributed by atoms with Gasteiger partial charge in [-0.15, -0.1) is 0 Å². The van der Waals surface area contributed by atoms with Gasteiger partial charge in [0.2, 0.25) is 5.95 Å². The first-order valence-electron chi connectivity index (χ1n) is 8.27. The summed E-state index contributed by atoms with van der Waals surface area (Å²) in [6.07, 6.45) is 0.896. The second-order valence-electron chi connectivity index (χ2n) is 5.93. The molecule has 0 atom stereocenters. The quantitative estimate of drug-likeness (QED) is 0.789. The van der Waals surface area contributed by atoms with E-state index < -0.39 is 0 Å². The minimum Gasteiger partial charge on any atom is -0.490 e. The number of nitrogens with zero attached hydrogens (tertiary/aromatic N) is 4. The highest BCUT2D eigenvalue weighted by atomic mass is 16.5. The smallest absolute Gasteiger partial charge is 0.248 e. The fourth-order valence-electron chi connectivity index (χ4n) is 2.66. The maximum absolute atomic E-state index is 5.73. The number of nitrogens with one attached hydrogen (secondary N) is 1. The molecule has 4 rings (SSSR count). The maximum atomic E-state index is 5.73. The van der Waals surface area contributed by atoms with Crippen LogP contribution in [0.4, 0.5) is 5.95 Å². The minimum atomic E-state index is 0.586. The van der Waals surface area contributed by atoms with Gasteiger partial charge in [0.25, 0.3) is 0 Å². The lowest BCUT2D eigenvalue weighted by Gasteiger charge is -2.10. The Morgan fingerprint density at radius 1 is 1.04 bits per heavy atom. The van der Waals surface area contributed by atoms with Crippen LogP contribution in [0.15, 0.2) is 42.5 Å². The Kier molecular flexibility index (Phi) is 4.20. The number of hydrogen-bond donors (Lipinski definition) is 1. The van der Waals surface area contributed by atoms with Crippen LogP contribution in [0.2, 0.25) is 0 Å². The van der Waals surface area contributed by atoms with Gasteiger partial charge in [-0.1, -0.05) is 28.9 Å². The number of hydrogen-bond acceptors (Lipinski definition) is 6. The van der Waals surface area contributed by atoms with E-state index in [0.717, 1.165) is 29.2 Å². The molecule has 1 aromatic heterocycles. The van der Waals surface area contributed by atoms with Crippen molar-refractivity contribution in [3.05, 3.63) is 53.6 Å². The van der Waals surface area contributed by atoms with Crippen molar-refractivity contribution in [1.29, 1.82) is 0 Å². The summed E-state index contributed by atoms with van der Waals surface area (Å²) in [5, 5.41) is 15.2. The predicted octanol–water partition coefficient (Wildman–Crippen LogP) is 2.74. The standard InChI is InChI=1S/C18H19N5O2/c1-13-3-6-15(7-4-13)23-18(20-21-22-23)19-12-14-5-8-16-17(11-14)25-10-2-9-24-16/h3-8,11H,2,9-10,12H2,1H3,(H,19,20,22). The molecular formula is C18H19N5O2. The van der Waals surface area contributed by atoms with Crippen LogP contribution in [0.3, 0.4) is 0 Å². The fraction of sp³-hybridized carbons (Fsp3) is 0.278. The van der Waals surface area contributed by atoms with Crippen molar-refractivity contribution in [1.82, 2.24) is 20.2 Å². The van der Waals surface area contributed by atoms with E-state index >= 15 is 0 Å². The van der Waals surface area contributed by atoms with E-state index in [1.165, 1.54) is 5.56 Å². The first kappa shape index (κ1) is 15.4. The molecule has 1 aliphatic heterocycles. The molecule has 0 saturated carbocycles. The molecule has 1 N–H and O–H groups in total. The number of ether oxygens (including phenoxy) is 2. The highest BCUT2D eigenvalue weighted by molar-refractivity contribution is 5.45. The molecule has 0 amide bonds. The van der Waals surface area contributed by atoms with Crippen LogP contribution in [0.25, 0.3) is 5.69 Å². The molecule has 0 saturated heterocycles. The average molecular weight is 337 g/mol. The number of rotatable bonds is 4. The van der Waals surface area contributed by atoms with E-state index in [9.17, 15) is 0 Å². The SMILES string of the molecule is Cc1ccc(-n2nnnc2NCc2ccc3c(c2)OCCCO3)cc1. The van der Waals surface area contributed by atoms with Gasteiger partial charge >= 0.3 is 0 Å². The van der Waals surface area contributed by atoms with Gasteiger partial charge in [0.15, 0.2) is 11.5 Å². The lowest BCUT2D eigenvalue weighted by molar-refractivity contribution is 0.297. The Hall–Kier alpha value is -3.09. The molecule has 0 spiro atoms. The monoisotopic (exact) mass is 337 g/mol. The Bertz CT molecular complexity index is 860. The topological polar surface area (TPSA) is 74.1 Å². The highest BCUT2D eigenvalue weighted by Gasteiger charge is 2.12. The highest BCUT2D eigenvalue weighted by Crippen LogP contribution is 2.30. The van der Waals surface area contributed by atoms with Crippen molar-refractivity contribution in [3.8, 4) is 17.2 Å². The maximum Gasteiger partial charge on any atom is 0.248 e. The van der Waals surface area contributed by atoms with Crippen molar-refractivity contribution in [2.75, 3.05) is 18.5 Å². The van der Waals surface area contributed by atoms with Crippen LogP contribution in [-0.4, -0.2) is 33.4 Å². The van der Waals surface area contributed by atoms with E-state index in [2.05, 4.69) is 20.8 Å². The van der Waals surface area contributed by atoms with Crippen LogP contribution in [0.5, 0.6) is 11.5 Å². The van der Waals surface area contributed by atoms with E-state index in [0.29, 0.717) is 25.7 Å². The van der Waals surface area contributed by atoms with Crippen molar-refractivity contribution < 1.29 is 9.47 Å². The second kappa shape index (κ2) is 6.80. The number of tetrazole rings is 1. The molecule has 2 heterocycles. The van der Waals surface area contributed by atoms with E-state index in [-0.39, 0.29) is 0 Å². The van der Waals surface area contributed by atoms with E-state index in [1.54, 1.807) is 4.68 Å². The van der Waals surface area contributed by atoms with Crippen LogP contribution in [0, 0.1) is 6.92 Å². The van der Waals surface area contributed by atoms with E-state index in [1.807, 2.05) is 49.4 Å².